The van der Waals surface area contributed by atoms with Crippen molar-refractivity contribution in [1.82, 2.24) is 4.90 Å². The second-order valence-electron chi connectivity index (χ2n) is 6.66. The molecule has 2 heterocycles. The summed E-state index contributed by atoms with van der Waals surface area (Å²) in [5.74, 6) is 0.938. The van der Waals surface area contributed by atoms with Crippen molar-refractivity contribution >= 4 is 23.2 Å². The Kier molecular flexibility index (Phi) is 4.30. The molecule has 4 rings (SSSR count). The average molecular weight is 357 g/mol. The molecule has 2 aromatic carbocycles. The predicted molar refractivity (Wildman–Crippen MR) is 99.5 cm³/mol. The number of nitrogens with zero attached hydrogens (tertiary/aromatic N) is 2. The van der Waals surface area contributed by atoms with Gasteiger partial charge in [-0.1, -0.05) is 35.9 Å². The quantitative estimate of drug-likeness (QED) is 0.827. The van der Waals surface area contributed by atoms with Crippen LogP contribution in [0.15, 0.2) is 42.5 Å². The summed E-state index contributed by atoms with van der Waals surface area (Å²) < 4.78 is 5.85. The first kappa shape index (κ1) is 16.3. The molecule has 5 heteroatoms. The van der Waals surface area contributed by atoms with Crippen LogP contribution in [0.3, 0.4) is 0 Å². The molecule has 25 heavy (non-hydrogen) atoms. The molecule has 1 atom stereocenters. The van der Waals surface area contributed by atoms with Crippen molar-refractivity contribution in [1.29, 1.82) is 0 Å². The van der Waals surface area contributed by atoms with Crippen molar-refractivity contribution < 1.29 is 9.53 Å². The van der Waals surface area contributed by atoms with E-state index in [1.54, 1.807) is 0 Å². The van der Waals surface area contributed by atoms with Crippen molar-refractivity contribution in [2.75, 3.05) is 31.1 Å². The maximum atomic E-state index is 12.8. The minimum absolute atomic E-state index is 0.0960. The highest BCUT2D eigenvalue weighted by Gasteiger charge is 2.33. The number of hydrogen-bond acceptors (Lipinski definition) is 3. The Morgan fingerprint density at radius 2 is 1.88 bits per heavy atom. The topological polar surface area (TPSA) is 32.8 Å². The van der Waals surface area contributed by atoms with Crippen LogP contribution in [-0.2, 0) is 11.2 Å². The largest absolute Gasteiger partial charge is 0.480 e. The number of benzene rings is 2. The fourth-order valence-electron chi connectivity index (χ4n) is 3.61. The number of carbonyl (C=O) groups excluding carboxylic acids is 1. The van der Waals surface area contributed by atoms with Crippen molar-refractivity contribution in [2.45, 2.75) is 19.4 Å². The second-order valence-corrected chi connectivity index (χ2v) is 7.10. The van der Waals surface area contributed by atoms with Crippen molar-refractivity contribution in [3.05, 3.63) is 58.6 Å². The van der Waals surface area contributed by atoms with Gasteiger partial charge in [0.2, 0.25) is 0 Å². The summed E-state index contributed by atoms with van der Waals surface area (Å²) in [6, 6.07) is 13.9. The monoisotopic (exact) mass is 356 g/mol. The van der Waals surface area contributed by atoms with E-state index in [1.165, 1.54) is 5.56 Å². The number of anilines is 1. The summed E-state index contributed by atoms with van der Waals surface area (Å²) in [5, 5.41) is 0.747. The first-order valence-corrected chi connectivity index (χ1v) is 9.04. The van der Waals surface area contributed by atoms with Crippen LogP contribution in [0.5, 0.6) is 5.75 Å². The zero-order valence-electron chi connectivity index (χ0n) is 14.2. The molecule has 2 aromatic rings. The van der Waals surface area contributed by atoms with Gasteiger partial charge >= 0.3 is 0 Å². The number of ether oxygens (including phenoxy) is 1. The lowest BCUT2D eigenvalue weighted by molar-refractivity contribution is -0.138. The van der Waals surface area contributed by atoms with Gasteiger partial charge in [0, 0.05) is 43.3 Å². The maximum absolute atomic E-state index is 12.8. The highest BCUT2D eigenvalue weighted by Crippen LogP contribution is 2.30. The molecule has 0 unspecified atom stereocenters. The fraction of sp³-hybridized carbons (Fsp3) is 0.350. The summed E-state index contributed by atoms with van der Waals surface area (Å²) in [5.41, 5.74) is 3.48. The lowest BCUT2D eigenvalue weighted by Gasteiger charge is -2.37. The molecule has 1 saturated heterocycles. The SMILES string of the molecule is Cc1ccc(Cl)cc1N1CCN(C(=O)[C@H]2Cc3ccccc3O2)CC1. The highest BCUT2D eigenvalue weighted by molar-refractivity contribution is 6.30. The number of amides is 1. The lowest BCUT2D eigenvalue weighted by atomic mass is 10.1. The van der Waals surface area contributed by atoms with Gasteiger partial charge in [0.25, 0.3) is 5.91 Å². The third-order valence-corrected chi connectivity index (χ3v) is 5.26. The van der Waals surface area contributed by atoms with E-state index in [1.807, 2.05) is 47.4 Å². The van der Waals surface area contributed by atoms with E-state index < -0.39 is 0 Å². The molecule has 1 fully saturated rings. The zero-order valence-corrected chi connectivity index (χ0v) is 15.0. The van der Waals surface area contributed by atoms with Crippen LogP contribution >= 0.6 is 11.6 Å². The van der Waals surface area contributed by atoms with Crippen LogP contribution in [0.4, 0.5) is 5.69 Å². The highest BCUT2D eigenvalue weighted by atomic mass is 35.5. The summed E-state index contributed by atoms with van der Waals surface area (Å²) in [7, 11) is 0. The van der Waals surface area contributed by atoms with Crippen LogP contribution in [0.25, 0.3) is 0 Å². The maximum Gasteiger partial charge on any atom is 0.264 e. The van der Waals surface area contributed by atoms with Gasteiger partial charge in [0.15, 0.2) is 6.10 Å². The summed E-state index contributed by atoms with van der Waals surface area (Å²) in [6.45, 7) is 5.13. The molecule has 0 saturated carbocycles. The Balaban J connectivity index is 1.39. The van der Waals surface area contributed by atoms with Gasteiger partial charge in [-0.3, -0.25) is 4.79 Å². The van der Waals surface area contributed by atoms with E-state index in [4.69, 9.17) is 16.3 Å². The summed E-state index contributed by atoms with van der Waals surface area (Å²) in [6.07, 6.45) is 0.291. The number of aryl methyl sites for hydroxylation is 1. The van der Waals surface area contributed by atoms with E-state index in [0.717, 1.165) is 35.1 Å². The number of rotatable bonds is 2. The normalized spacial score (nSPS) is 19.5. The van der Waals surface area contributed by atoms with Crippen molar-refractivity contribution in [3.63, 3.8) is 0 Å². The molecule has 2 aliphatic rings. The van der Waals surface area contributed by atoms with E-state index in [9.17, 15) is 4.79 Å². The summed E-state index contributed by atoms with van der Waals surface area (Å²) in [4.78, 5) is 17.0. The molecular weight excluding hydrogens is 336 g/mol. The van der Waals surface area contributed by atoms with Gasteiger partial charge in [0.1, 0.15) is 5.75 Å². The number of halogens is 1. The van der Waals surface area contributed by atoms with Gasteiger partial charge in [0.05, 0.1) is 0 Å². The fourth-order valence-corrected chi connectivity index (χ4v) is 3.78. The van der Waals surface area contributed by atoms with Crippen molar-refractivity contribution in [3.8, 4) is 5.75 Å². The number of fused-ring (bicyclic) bond motifs is 1. The molecule has 0 spiro atoms. The average Bonchev–Trinajstić information content (AvgIpc) is 3.07. The van der Waals surface area contributed by atoms with Crippen LogP contribution in [0, 0.1) is 6.92 Å². The number of carbonyl (C=O) groups is 1. The van der Waals surface area contributed by atoms with Crippen LogP contribution in [-0.4, -0.2) is 43.1 Å². The van der Waals surface area contributed by atoms with Gasteiger partial charge in [-0.2, -0.15) is 0 Å². The lowest BCUT2D eigenvalue weighted by Crippen LogP contribution is -2.52. The molecule has 4 nitrogen and oxygen atoms in total. The third kappa shape index (κ3) is 3.19. The number of para-hydroxylation sites is 1. The predicted octanol–water partition coefficient (Wildman–Crippen LogP) is 3.30. The Bertz CT molecular complexity index is 775. The van der Waals surface area contributed by atoms with Gasteiger partial charge in [-0.25, -0.2) is 0 Å². The number of hydrogen-bond donors (Lipinski definition) is 0. The second kappa shape index (κ2) is 6.60. The van der Waals surface area contributed by atoms with Crippen LogP contribution in [0.2, 0.25) is 5.02 Å². The molecule has 1 amide bonds. The molecule has 0 aromatic heterocycles. The van der Waals surface area contributed by atoms with Crippen molar-refractivity contribution in [2.24, 2.45) is 0 Å². The molecule has 0 aliphatic carbocycles. The smallest absolute Gasteiger partial charge is 0.264 e. The Morgan fingerprint density at radius 1 is 1.12 bits per heavy atom. The Labute approximate surface area is 152 Å². The van der Waals surface area contributed by atoms with Crippen LogP contribution < -0.4 is 9.64 Å². The minimum Gasteiger partial charge on any atom is -0.480 e. The van der Waals surface area contributed by atoms with Gasteiger partial charge < -0.3 is 14.5 Å². The van der Waals surface area contributed by atoms with Gasteiger partial charge in [-0.05, 0) is 36.2 Å². The Morgan fingerprint density at radius 3 is 2.64 bits per heavy atom. The zero-order chi connectivity index (χ0) is 17.4. The first-order valence-electron chi connectivity index (χ1n) is 8.66. The van der Waals surface area contributed by atoms with Crippen LogP contribution in [0.1, 0.15) is 11.1 Å². The third-order valence-electron chi connectivity index (χ3n) is 5.03. The molecule has 130 valence electrons. The standard InChI is InChI=1S/C20H21ClN2O2/c1-14-6-7-16(21)13-17(14)22-8-10-23(11-9-22)20(24)19-12-15-4-2-3-5-18(15)25-19/h2-7,13,19H,8-12H2,1H3/t19-/m1/s1. The van der Waals surface area contributed by atoms with E-state index >= 15 is 0 Å². The Hall–Kier alpha value is -2.20. The molecule has 0 N–H and O–H groups in total. The van der Waals surface area contributed by atoms with Gasteiger partial charge in [-0.15, -0.1) is 0 Å². The van der Waals surface area contributed by atoms with E-state index in [2.05, 4.69) is 11.8 Å². The molecule has 2 aliphatic heterocycles. The molecular formula is C20H21ClN2O2. The molecule has 0 bridgehead atoms. The molecule has 0 radical (unpaired) electrons. The first-order chi connectivity index (χ1) is 12.1. The van der Waals surface area contributed by atoms with E-state index in [-0.39, 0.29) is 12.0 Å². The number of piperazine rings is 1. The van der Waals surface area contributed by atoms with E-state index in [0.29, 0.717) is 19.5 Å². The minimum atomic E-state index is -0.378. The summed E-state index contributed by atoms with van der Waals surface area (Å²) >= 11 is 6.14.